The standard InChI is InChI=1S/C18H27NO3S/c1-3-16-10-6-5-7-12-19(16)18(20)14-15-9-8-11-17(13-15)23(21,22)4-2/h8-9,11,13,16H,3-7,10,12,14H2,1-2H3/t16-/m1/s1. The molecule has 1 saturated heterocycles. The van der Waals surface area contributed by atoms with E-state index in [-0.39, 0.29) is 18.1 Å². The number of hydrogen-bond donors (Lipinski definition) is 0. The lowest BCUT2D eigenvalue weighted by atomic mass is 10.1. The molecule has 0 aromatic heterocycles. The lowest BCUT2D eigenvalue weighted by molar-refractivity contribution is -0.132. The zero-order valence-electron chi connectivity index (χ0n) is 14.1. The summed E-state index contributed by atoms with van der Waals surface area (Å²) in [6.45, 7) is 4.59. The highest BCUT2D eigenvalue weighted by atomic mass is 32.2. The Kier molecular flexibility index (Phi) is 6.22. The highest BCUT2D eigenvalue weighted by molar-refractivity contribution is 7.91. The molecular weight excluding hydrogens is 310 g/mol. The molecule has 23 heavy (non-hydrogen) atoms. The molecule has 0 radical (unpaired) electrons. The Hall–Kier alpha value is -1.36. The predicted octanol–water partition coefficient (Wildman–Crippen LogP) is 3.20. The van der Waals surface area contributed by atoms with Gasteiger partial charge in [0.2, 0.25) is 5.91 Å². The maximum absolute atomic E-state index is 12.7. The first kappa shape index (κ1) is 18.0. The van der Waals surface area contributed by atoms with Gasteiger partial charge in [-0.05, 0) is 37.0 Å². The van der Waals surface area contributed by atoms with Gasteiger partial charge in [-0.15, -0.1) is 0 Å². The third kappa shape index (κ3) is 4.56. The van der Waals surface area contributed by atoms with Crippen LogP contribution in [0.25, 0.3) is 0 Å². The molecule has 1 fully saturated rings. The van der Waals surface area contributed by atoms with E-state index in [9.17, 15) is 13.2 Å². The average Bonchev–Trinajstić information content (AvgIpc) is 2.80. The Morgan fingerprint density at radius 1 is 1.22 bits per heavy atom. The summed E-state index contributed by atoms with van der Waals surface area (Å²) in [6.07, 6.45) is 5.77. The molecule has 1 aliphatic rings. The smallest absolute Gasteiger partial charge is 0.227 e. The van der Waals surface area contributed by atoms with Gasteiger partial charge in [-0.25, -0.2) is 8.42 Å². The van der Waals surface area contributed by atoms with Crippen molar-refractivity contribution < 1.29 is 13.2 Å². The van der Waals surface area contributed by atoms with E-state index in [0.717, 1.165) is 31.4 Å². The second-order valence-corrected chi connectivity index (χ2v) is 8.50. The molecule has 0 unspecified atom stereocenters. The molecule has 4 nitrogen and oxygen atoms in total. The summed E-state index contributed by atoms with van der Waals surface area (Å²) in [6, 6.07) is 7.15. The van der Waals surface area contributed by atoms with E-state index in [0.29, 0.717) is 10.9 Å². The van der Waals surface area contributed by atoms with Crippen LogP contribution in [0.3, 0.4) is 0 Å². The molecule has 0 N–H and O–H groups in total. The second-order valence-electron chi connectivity index (χ2n) is 6.23. The zero-order valence-corrected chi connectivity index (χ0v) is 14.9. The van der Waals surface area contributed by atoms with Gasteiger partial charge in [0.25, 0.3) is 0 Å². The van der Waals surface area contributed by atoms with Gasteiger partial charge in [0.1, 0.15) is 0 Å². The highest BCUT2D eigenvalue weighted by Crippen LogP contribution is 2.21. The quantitative estimate of drug-likeness (QED) is 0.829. The van der Waals surface area contributed by atoms with Crippen LogP contribution in [0.15, 0.2) is 29.2 Å². The largest absolute Gasteiger partial charge is 0.339 e. The Balaban J connectivity index is 2.14. The van der Waals surface area contributed by atoms with E-state index in [1.165, 1.54) is 12.8 Å². The van der Waals surface area contributed by atoms with Gasteiger partial charge >= 0.3 is 0 Å². The lowest BCUT2D eigenvalue weighted by Gasteiger charge is -2.29. The van der Waals surface area contributed by atoms with Crippen molar-refractivity contribution in [3.05, 3.63) is 29.8 Å². The SMILES string of the molecule is CC[C@@H]1CCCCCN1C(=O)Cc1cccc(S(=O)(=O)CC)c1. The number of carbonyl (C=O) groups excluding carboxylic acids is 1. The number of rotatable bonds is 5. The molecule has 1 aliphatic heterocycles. The summed E-state index contributed by atoms with van der Waals surface area (Å²) in [5, 5.41) is 0. The van der Waals surface area contributed by atoms with Crippen molar-refractivity contribution in [3.63, 3.8) is 0 Å². The van der Waals surface area contributed by atoms with Crippen LogP contribution in [0.5, 0.6) is 0 Å². The van der Waals surface area contributed by atoms with Gasteiger partial charge in [-0.2, -0.15) is 0 Å². The topological polar surface area (TPSA) is 54.5 Å². The second kappa shape index (κ2) is 7.95. The molecule has 5 heteroatoms. The van der Waals surface area contributed by atoms with E-state index in [2.05, 4.69) is 6.92 Å². The number of nitrogens with zero attached hydrogens (tertiary/aromatic N) is 1. The fraction of sp³-hybridized carbons (Fsp3) is 0.611. The maximum atomic E-state index is 12.7. The van der Waals surface area contributed by atoms with Crippen LogP contribution in [0.2, 0.25) is 0 Å². The number of sulfone groups is 1. The van der Waals surface area contributed by atoms with Gasteiger partial charge in [-0.1, -0.05) is 38.8 Å². The number of hydrogen-bond acceptors (Lipinski definition) is 3. The fourth-order valence-corrected chi connectivity index (χ4v) is 4.17. The van der Waals surface area contributed by atoms with E-state index < -0.39 is 9.84 Å². The van der Waals surface area contributed by atoms with Crippen molar-refractivity contribution in [2.75, 3.05) is 12.3 Å². The number of amides is 1. The van der Waals surface area contributed by atoms with Crippen LogP contribution in [0.1, 0.15) is 51.5 Å². The van der Waals surface area contributed by atoms with Crippen LogP contribution in [0, 0.1) is 0 Å². The minimum Gasteiger partial charge on any atom is -0.339 e. The molecule has 128 valence electrons. The Labute approximate surface area is 139 Å². The molecule has 1 aromatic rings. The van der Waals surface area contributed by atoms with Crippen molar-refractivity contribution >= 4 is 15.7 Å². The Morgan fingerprint density at radius 3 is 2.70 bits per heavy atom. The van der Waals surface area contributed by atoms with Crippen molar-refractivity contribution in [2.24, 2.45) is 0 Å². The zero-order chi connectivity index (χ0) is 16.9. The first-order valence-corrected chi connectivity index (χ1v) is 10.2. The maximum Gasteiger partial charge on any atom is 0.227 e. The Bertz CT molecular complexity index is 639. The third-order valence-electron chi connectivity index (χ3n) is 4.66. The normalized spacial score (nSPS) is 19.4. The highest BCUT2D eigenvalue weighted by Gasteiger charge is 2.24. The summed E-state index contributed by atoms with van der Waals surface area (Å²) in [4.78, 5) is 15.0. The molecule has 0 spiro atoms. The number of benzene rings is 1. The summed E-state index contributed by atoms with van der Waals surface area (Å²) in [5.41, 5.74) is 0.781. The van der Waals surface area contributed by atoms with E-state index in [4.69, 9.17) is 0 Å². The first-order valence-electron chi connectivity index (χ1n) is 8.59. The van der Waals surface area contributed by atoms with Crippen molar-refractivity contribution in [2.45, 2.75) is 63.3 Å². The third-order valence-corrected chi connectivity index (χ3v) is 6.39. The van der Waals surface area contributed by atoms with Crippen LogP contribution < -0.4 is 0 Å². The fourth-order valence-electron chi connectivity index (χ4n) is 3.22. The van der Waals surface area contributed by atoms with Gasteiger partial charge < -0.3 is 4.90 Å². The van der Waals surface area contributed by atoms with Crippen LogP contribution in [0.4, 0.5) is 0 Å². The van der Waals surface area contributed by atoms with Crippen LogP contribution in [-0.4, -0.2) is 37.6 Å². The van der Waals surface area contributed by atoms with Gasteiger partial charge in [0.05, 0.1) is 17.1 Å². The van der Waals surface area contributed by atoms with Crippen LogP contribution in [-0.2, 0) is 21.1 Å². The van der Waals surface area contributed by atoms with Crippen molar-refractivity contribution in [1.82, 2.24) is 4.90 Å². The molecule has 1 heterocycles. The first-order chi connectivity index (χ1) is 11.0. The summed E-state index contributed by atoms with van der Waals surface area (Å²) < 4.78 is 24.0. The molecule has 0 saturated carbocycles. The predicted molar refractivity (Wildman–Crippen MR) is 92.1 cm³/mol. The van der Waals surface area contributed by atoms with E-state index >= 15 is 0 Å². The molecule has 1 atom stereocenters. The van der Waals surface area contributed by atoms with Crippen molar-refractivity contribution in [3.8, 4) is 0 Å². The lowest BCUT2D eigenvalue weighted by Crippen LogP contribution is -2.40. The Morgan fingerprint density at radius 2 is 2.00 bits per heavy atom. The summed E-state index contributed by atoms with van der Waals surface area (Å²) in [5.74, 6) is 0.193. The summed E-state index contributed by atoms with van der Waals surface area (Å²) in [7, 11) is -3.23. The summed E-state index contributed by atoms with van der Waals surface area (Å²) >= 11 is 0. The van der Waals surface area contributed by atoms with Crippen molar-refractivity contribution in [1.29, 1.82) is 0 Å². The van der Waals surface area contributed by atoms with Gasteiger partial charge in [-0.3, -0.25) is 4.79 Å². The monoisotopic (exact) mass is 337 g/mol. The van der Waals surface area contributed by atoms with Gasteiger partial charge in [0.15, 0.2) is 9.84 Å². The molecule has 0 aliphatic carbocycles. The number of likely N-dealkylation sites (tertiary alicyclic amines) is 1. The molecule has 1 amide bonds. The molecule has 1 aromatic carbocycles. The minimum absolute atomic E-state index is 0.0778. The van der Waals surface area contributed by atoms with E-state index in [1.54, 1.807) is 25.1 Å². The minimum atomic E-state index is -3.23. The molecular formula is C18H27NO3S. The van der Waals surface area contributed by atoms with Crippen LogP contribution >= 0.6 is 0 Å². The van der Waals surface area contributed by atoms with E-state index in [1.807, 2.05) is 11.0 Å². The number of carbonyl (C=O) groups is 1. The average molecular weight is 337 g/mol. The molecule has 0 bridgehead atoms. The molecule has 2 rings (SSSR count). The van der Waals surface area contributed by atoms with Gasteiger partial charge in [0, 0.05) is 12.6 Å².